The first-order valence-corrected chi connectivity index (χ1v) is 4.68. The highest BCUT2D eigenvalue weighted by Crippen LogP contribution is 2.21. The van der Waals surface area contributed by atoms with E-state index in [0.29, 0.717) is 12.0 Å². The molecule has 0 aromatic heterocycles. The van der Waals surface area contributed by atoms with Gasteiger partial charge in [0.1, 0.15) is 6.10 Å². The molecule has 1 saturated heterocycles. The van der Waals surface area contributed by atoms with Crippen molar-refractivity contribution in [1.82, 2.24) is 0 Å². The molecule has 2 rings (SSSR count). The second-order valence-electron chi connectivity index (χ2n) is 3.52. The maximum absolute atomic E-state index is 11.1. The summed E-state index contributed by atoms with van der Waals surface area (Å²) in [5.74, 6) is -0.245. The van der Waals surface area contributed by atoms with Crippen LogP contribution < -0.4 is 0 Å². The van der Waals surface area contributed by atoms with E-state index in [9.17, 15) is 4.79 Å². The van der Waals surface area contributed by atoms with E-state index in [1.807, 2.05) is 30.3 Å². The second kappa shape index (κ2) is 3.66. The summed E-state index contributed by atoms with van der Waals surface area (Å²) in [5, 5.41) is 0. The van der Waals surface area contributed by atoms with E-state index in [-0.39, 0.29) is 12.1 Å². The zero-order chi connectivity index (χ0) is 9.97. The van der Waals surface area contributed by atoms with Gasteiger partial charge in [-0.1, -0.05) is 36.9 Å². The van der Waals surface area contributed by atoms with Crippen LogP contribution in [-0.2, 0) is 16.0 Å². The van der Waals surface area contributed by atoms with Gasteiger partial charge in [0.05, 0.1) is 0 Å². The molecule has 0 N–H and O–H groups in total. The molecular weight excluding hydrogens is 176 g/mol. The molecule has 14 heavy (non-hydrogen) atoms. The van der Waals surface area contributed by atoms with E-state index >= 15 is 0 Å². The zero-order valence-corrected chi connectivity index (χ0v) is 7.90. The lowest BCUT2D eigenvalue weighted by atomic mass is 10.0. The Morgan fingerprint density at radius 2 is 2.07 bits per heavy atom. The highest BCUT2D eigenvalue weighted by Gasteiger charge is 2.26. The lowest BCUT2D eigenvalue weighted by molar-refractivity contribution is -0.138. The van der Waals surface area contributed by atoms with Crippen molar-refractivity contribution < 1.29 is 9.53 Å². The first kappa shape index (κ1) is 9.00. The number of cyclic esters (lactones) is 1. The number of esters is 1. The molecule has 1 aromatic rings. The molecule has 0 bridgehead atoms. The predicted octanol–water partition coefficient (Wildman–Crippen LogP) is 2.10. The van der Waals surface area contributed by atoms with Crippen molar-refractivity contribution in [3.05, 3.63) is 48.0 Å². The minimum absolute atomic E-state index is 0.0163. The van der Waals surface area contributed by atoms with Gasteiger partial charge in [-0.15, -0.1) is 0 Å². The van der Waals surface area contributed by atoms with Crippen LogP contribution in [0.5, 0.6) is 0 Å². The van der Waals surface area contributed by atoms with E-state index in [1.54, 1.807) is 0 Å². The van der Waals surface area contributed by atoms with Crippen LogP contribution in [0, 0.1) is 0 Å². The third-order valence-corrected chi connectivity index (χ3v) is 2.34. The molecule has 1 fully saturated rings. The lowest BCUT2D eigenvalue weighted by Gasteiger charge is -2.07. The van der Waals surface area contributed by atoms with Crippen molar-refractivity contribution in [3.63, 3.8) is 0 Å². The molecule has 0 radical (unpaired) electrons. The molecule has 1 aromatic carbocycles. The van der Waals surface area contributed by atoms with Gasteiger partial charge >= 0.3 is 5.97 Å². The first-order chi connectivity index (χ1) is 6.75. The van der Waals surface area contributed by atoms with Gasteiger partial charge in [-0.3, -0.25) is 0 Å². The van der Waals surface area contributed by atoms with Gasteiger partial charge in [-0.2, -0.15) is 0 Å². The summed E-state index contributed by atoms with van der Waals surface area (Å²) in [4.78, 5) is 11.1. The molecule has 0 aliphatic carbocycles. The van der Waals surface area contributed by atoms with Crippen molar-refractivity contribution in [1.29, 1.82) is 0 Å². The molecule has 1 aliphatic heterocycles. The second-order valence-corrected chi connectivity index (χ2v) is 3.52. The third kappa shape index (κ3) is 1.84. The van der Waals surface area contributed by atoms with E-state index < -0.39 is 0 Å². The van der Waals surface area contributed by atoms with E-state index in [0.717, 1.165) is 6.42 Å². The van der Waals surface area contributed by atoms with Crippen LogP contribution in [0.1, 0.15) is 12.0 Å². The highest BCUT2D eigenvalue weighted by molar-refractivity contribution is 5.89. The Bertz CT molecular complexity index is 338. The van der Waals surface area contributed by atoms with E-state index in [4.69, 9.17) is 4.74 Å². The highest BCUT2D eigenvalue weighted by atomic mass is 16.5. The van der Waals surface area contributed by atoms with Crippen molar-refractivity contribution in [2.45, 2.75) is 18.9 Å². The monoisotopic (exact) mass is 188 g/mol. The molecule has 0 saturated carbocycles. The van der Waals surface area contributed by atoms with Gasteiger partial charge in [-0.25, -0.2) is 4.79 Å². The fourth-order valence-electron chi connectivity index (χ4n) is 1.63. The fraction of sp³-hybridized carbons (Fsp3) is 0.250. The minimum atomic E-state index is -0.245. The first-order valence-electron chi connectivity index (χ1n) is 4.68. The number of hydrogen-bond acceptors (Lipinski definition) is 2. The van der Waals surface area contributed by atoms with Crippen molar-refractivity contribution in [2.75, 3.05) is 0 Å². The Morgan fingerprint density at radius 3 is 2.64 bits per heavy atom. The van der Waals surface area contributed by atoms with Crippen LogP contribution >= 0.6 is 0 Å². The van der Waals surface area contributed by atoms with Gasteiger partial charge in [0, 0.05) is 18.4 Å². The maximum Gasteiger partial charge on any atom is 0.333 e. The number of ether oxygens (including phenoxy) is 1. The molecule has 1 atom stereocenters. The molecule has 0 amide bonds. The van der Waals surface area contributed by atoms with Crippen molar-refractivity contribution in [3.8, 4) is 0 Å². The normalized spacial score (nSPS) is 21.0. The summed E-state index contributed by atoms with van der Waals surface area (Å²) in [7, 11) is 0. The van der Waals surface area contributed by atoms with E-state index in [1.165, 1.54) is 5.56 Å². The summed E-state index contributed by atoms with van der Waals surface area (Å²) in [5.41, 5.74) is 1.78. The summed E-state index contributed by atoms with van der Waals surface area (Å²) < 4.78 is 5.14. The Kier molecular flexibility index (Phi) is 2.35. The minimum Gasteiger partial charge on any atom is -0.458 e. The number of benzene rings is 1. The quantitative estimate of drug-likeness (QED) is 0.524. The van der Waals surface area contributed by atoms with Crippen molar-refractivity contribution >= 4 is 5.97 Å². The molecule has 1 heterocycles. The standard InChI is InChI=1S/C12H12O2/c1-9-7-11(14-12(9)13)8-10-5-3-2-4-6-10/h2-6,11H,1,7-8H2/t11-/m1/s1. The van der Waals surface area contributed by atoms with Crippen LogP contribution in [0.15, 0.2) is 42.5 Å². The number of rotatable bonds is 2. The Morgan fingerprint density at radius 1 is 1.36 bits per heavy atom. The molecule has 2 heteroatoms. The average Bonchev–Trinajstić information content (AvgIpc) is 2.47. The predicted molar refractivity (Wildman–Crippen MR) is 53.8 cm³/mol. The zero-order valence-electron chi connectivity index (χ0n) is 7.90. The maximum atomic E-state index is 11.1. The topological polar surface area (TPSA) is 26.3 Å². The van der Waals surface area contributed by atoms with Crippen LogP contribution in [0.4, 0.5) is 0 Å². The largest absolute Gasteiger partial charge is 0.458 e. The molecule has 72 valence electrons. The van der Waals surface area contributed by atoms with Crippen LogP contribution in [0.2, 0.25) is 0 Å². The van der Waals surface area contributed by atoms with E-state index in [2.05, 4.69) is 6.58 Å². The summed E-state index contributed by atoms with van der Waals surface area (Å²) in [6.07, 6.45) is 1.43. The van der Waals surface area contributed by atoms with Gasteiger partial charge < -0.3 is 4.74 Å². The molecule has 0 spiro atoms. The van der Waals surface area contributed by atoms with Gasteiger partial charge in [-0.05, 0) is 5.56 Å². The summed E-state index contributed by atoms with van der Waals surface area (Å²) in [6.45, 7) is 3.65. The third-order valence-electron chi connectivity index (χ3n) is 2.34. The molecular formula is C12H12O2. The summed E-state index contributed by atoms with van der Waals surface area (Å²) >= 11 is 0. The summed E-state index contributed by atoms with van der Waals surface area (Å²) in [6, 6.07) is 10.0. The molecule has 1 aliphatic rings. The fourth-order valence-corrected chi connectivity index (χ4v) is 1.63. The average molecular weight is 188 g/mol. The number of hydrogen-bond donors (Lipinski definition) is 0. The van der Waals surface area contributed by atoms with Gasteiger partial charge in [0.25, 0.3) is 0 Å². The van der Waals surface area contributed by atoms with Gasteiger partial charge in [0.2, 0.25) is 0 Å². The van der Waals surface area contributed by atoms with Crippen LogP contribution in [0.25, 0.3) is 0 Å². The smallest absolute Gasteiger partial charge is 0.333 e. The van der Waals surface area contributed by atoms with Gasteiger partial charge in [0.15, 0.2) is 0 Å². The Labute approximate surface area is 83.2 Å². The number of carbonyl (C=O) groups excluding carboxylic acids is 1. The van der Waals surface area contributed by atoms with Crippen LogP contribution in [-0.4, -0.2) is 12.1 Å². The number of carbonyl (C=O) groups is 1. The van der Waals surface area contributed by atoms with Crippen molar-refractivity contribution in [2.24, 2.45) is 0 Å². The molecule has 0 unspecified atom stereocenters. The molecule has 2 nitrogen and oxygen atoms in total. The lowest BCUT2D eigenvalue weighted by Crippen LogP contribution is -2.09. The SMILES string of the molecule is C=C1C[C@H](Cc2ccccc2)OC1=O. The Hall–Kier alpha value is -1.57. The Balaban J connectivity index is 2.00. The van der Waals surface area contributed by atoms with Crippen LogP contribution in [0.3, 0.4) is 0 Å².